The standard InChI is InChI=1S/C14H22BrN3/c1-3-8-18-9-5-12(6-10-18)17-14-13(15)11(2)4-7-16-14/h4,7,12H,3,5-6,8-10H2,1-2H3,(H,16,17). The molecule has 0 bridgehead atoms. The first kappa shape index (κ1) is 13.8. The van der Waals surface area contributed by atoms with E-state index >= 15 is 0 Å². The Balaban J connectivity index is 1.90. The number of halogens is 1. The highest BCUT2D eigenvalue weighted by Gasteiger charge is 2.19. The molecule has 1 N–H and O–H groups in total. The number of nitrogens with one attached hydrogen (secondary N) is 1. The predicted molar refractivity (Wildman–Crippen MR) is 80.0 cm³/mol. The maximum atomic E-state index is 4.42. The highest BCUT2D eigenvalue weighted by Crippen LogP contribution is 2.25. The number of hydrogen-bond donors (Lipinski definition) is 1. The molecule has 1 aliphatic rings. The van der Waals surface area contributed by atoms with E-state index in [4.69, 9.17) is 0 Å². The molecule has 2 heterocycles. The minimum atomic E-state index is 0.559. The van der Waals surface area contributed by atoms with Gasteiger partial charge in [-0.05, 0) is 60.3 Å². The lowest BCUT2D eigenvalue weighted by atomic mass is 10.0. The van der Waals surface area contributed by atoms with Gasteiger partial charge in [0, 0.05) is 25.3 Å². The Hall–Kier alpha value is -0.610. The summed E-state index contributed by atoms with van der Waals surface area (Å²) in [5.74, 6) is 0.990. The van der Waals surface area contributed by atoms with Crippen LogP contribution in [0.4, 0.5) is 5.82 Å². The largest absolute Gasteiger partial charge is 0.366 e. The van der Waals surface area contributed by atoms with Gasteiger partial charge in [0.15, 0.2) is 0 Å². The summed E-state index contributed by atoms with van der Waals surface area (Å²) in [5.41, 5.74) is 1.23. The number of pyridine rings is 1. The minimum Gasteiger partial charge on any atom is -0.366 e. The van der Waals surface area contributed by atoms with Crippen LogP contribution < -0.4 is 5.32 Å². The van der Waals surface area contributed by atoms with Crippen LogP contribution in [0.15, 0.2) is 16.7 Å². The van der Waals surface area contributed by atoms with Gasteiger partial charge in [0.1, 0.15) is 5.82 Å². The van der Waals surface area contributed by atoms with Crippen molar-refractivity contribution in [2.24, 2.45) is 0 Å². The second-order valence-corrected chi connectivity index (χ2v) is 5.84. The number of nitrogens with zero attached hydrogens (tertiary/aromatic N) is 2. The molecule has 0 saturated carbocycles. The molecule has 0 unspecified atom stereocenters. The molecule has 1 aromatic rings. The van der Waals surface area contributed by atoms with Crippen molar-refractivity contribution in [1.29, 1.82) is 0 Å². The molecule has 0 spiro atoms. The first-order valence-corrected chi connectivity index (χ1v) is 7.60. The lowest BCUT2D eigenvalue weighted by molar-refractivity contribution is 0.219. The normalized spacial score (nSPS) is 17.9. The lowest BCUT2D eigenvalue weighted by Gasteiger charge is -2.32. The summed E-state index contributed by atoms with van der Waals surface area (Å²) in [6, 6.07) is 2.59. The van der Waals surface area contributed by atoms with E-state index in [1.54, 1.807) is 0 Å². The summed E-state index contributed by atoms with van der Waals surface area (Å²) in [6.07, 6.45) is 5.54. The summed E-state index contributed by atoms with van der Waals surface area (Å²) in [7, 11) is 0. The molecule has 1 fully saturated rings. The molecule has 3 nitrogen and oxygen atoms in total. The Bertz CT molecular complexity index is 387. The van der Waals surface area contributed by atoms with Crippen LogP contribution in [0.2, 0.25) is 0 Å². The quantitative estimate of drug-likeness (QED) is 0.923. The molecular formula is C14H22BrN3. The zero-order valence-electron chi connectivity index (χ0n) is 11.2. The Kier molecular flexibility index (Phi) is 5.01. The Morgan fingerprint density at radius 1 is 1.44 bits per heavy atom. The Morgan fingerprint density at radius 3 is 2.83 bits per heavy atom. The first-order valence-electron chi connectivity index (χ1n) is 6.80. The van der Waals surface area contributed by atoms with Crippen LogP contribution in [0.5, 0.6) is 0 Å². The topological polar surface area (TPSA) is 28.2 Å². The molecule has 1 saturated heterocycles. The van der Waals surface area contributed by atoms with Crippen LogP contribution in [-0.2, 0) is 0 Å². The van der Waals surface area contributed by atoms with E-state index in [-0.39, 0.29) is 0 Å². The fourth-order valence-corrected chi connectivity index (χ4v) is 2.80. The zero-order chi connectivity index (χ0) is 13.0. The molecule has 4 heteroatoms. The van der Waals surface area contributed by atoms with E-state index in [9.17, 15) is 0 Å². The van der Waals surface area contributed by atoms with Crippen molar-refractivity contribution in [3.63, 3.8) is 0 Å². The lowest BCUT2D eigenvalue weighted by Crippen LogP contribution is -2.39. The number of rotatable bonds is 4. The number of hydrogen-bond acceptors (Lipinski definition) is 3. The first-order chi connectivity index (χ1) is 8.70. The third-order valence-corrected chi connectivity index (χ3v) is 4.55. The summed E-state index contributed by atoms with van der Waals surface area (Å²) < 4.78 is 1.10. The molecule has 18 heavy (non-hydrogen) atoms. The van der Waals surface area contributed by atoms with Crippen molar-refractivity contribution in [3.05, 3.63) is 22.3 Å². The van der Waals surface area contributed by atoms with Gasteiger partial charge in [-0.3, -0.25) is 0 Å². The van der Waals surface area contributed by atoms with E-state index in [0.717, 1.165) is 10.3 Å². The summed E-state index contributed by atoms with van der Waals surface area (Å²) in [6.45, 7) is 7.99. The molecule has 0 amide bonds. The van der Waals surface area contributed by atoms with E-state index in [1.165, 1.54) is 44.5 Å². The number of likely N-dealkylation sites (tertiary alicyclic amines) is 1. The van der Waals surface area contributed by atoms with Gasteiger partial charge < -0.3 is 10.2 Å². The third kappa shape index (κ3) is 3.45. The Morgan fingerprint density at radius 2 is 2.17 bits per heavy atom. The van der Waals surface area contributed by atoms with Crippen molar-refractivity contribution in [2.45, 2.75) is 39.2 Å². The van der Waals surface area contributed by atoms with Crippen molar-refractivity contribution in [1.82, 2.24) is 9.88 Å². The van der Waals surface area contributed by atoms with E-state index in [0.29, 0.717) is 6.04 Å². The number of piperidine rings is 1. The molecule has 0 aliphatic carbocycles. The fraction of sp³-hybridized carbons (Fsp3) is 0.643. The molecule has 0 aromatic carbocycles. The van der Waals surface area contributed by atoms with Crippen LogP contribution in [0.25, 0.3) is 0 Å². The molecule has 0 radical (unpaired) electrons. The van der Waals surface area contributed by atoms with Crippen molar-refractivity contribution in [3.8, 4) is 0 Å². The monoisotopic (exact) mass is 311 g/mol. The second-order valence-electron chi connectivity index (χ2n) is 5.05. The average Bonchev–Trinajstić information content (AvgIpc) is 2.38. The van der Waals surface area contributed by atoms with E-state index in [2.05, 4.69) is 45.0 Å². The SMILES string of the molecule is CCCN1CCC(Nc2nccc(C)c2Br)CC1. The van der Waals surface area contributed by atoms with Gasteiger partial charge in [0.05, 0.1) is 4.47 Å². The summed E-state index contributed by atoms with van der Waals surface area (Å²) >= 11 is 3.61. The average molecular weight is 312 g/mol. The van der Waals surface area contributed by atoms with Crippen molar-refractivity contribution < 1.29 is 0 Å². The van der Waals surface area contributed by atoms with Crippen LogP contribution in [0, 0.1) is 6.92 Å². The predicted octanol–water partition coefficient (Wildman–Crippen LogP) is 3.44. The highest BCUT2D eigenvalue weighted by molar-refractivity contribution is 9.10. The zero-order valence-corrected chi connectivity index (χ0v) is 12.8. The van der Waals surface area contributed by atoms with Crippen molar-refractivity contribution >= 4 is 21.7 Å². The fourth-order valence-electron chi connectivity index (χ4n) is 2.45. The second kappa shape index (κ2) is 6.53. The minimum absolute atomic E-state index is 0.559. The van der Waals surface area contributed by atoms with Crippen LogP contribution in [0.1, 0.15) is 31.7 Å². The third-order valence-electron chi connectivity index (χ3n) is 3.55. The highest BCUT2D eigenvalue weighted by atomic mass is 79.9. The number of aryl methyl sites for hydroxylation is 1. The molecule has 1 aliphatic heterocycles. The summed E-state index contributed by atoms with van der Waals surface area (Å²) in [5, 5.41) is 3.57. The smallest absolute Gasteiger partial charge is 0.140 e. The van der Waals surface area contributed by atoms with Crippen LogP contribution in [-0.4, -0.2) is 35.6 Å². The Labute approximate surface area is 118 Å². The molecule has 2 rings (SSSR count). The molecular weight excluding hydrogens is 290 g/mol. The van der Waals surface area contributed by atoms with Crippen molar-refractivity contribution in [2.75, 3.05) is 25.0 Å². The van der Waals surface area contributed by atoms with Gasteiger partial charge in [-0.1, -0.05) is 6.92 Å². The van der Waals surface area contributed by atoms with Crippen LogP contribution >= 0.6 is 15.9 Å². The van der Waals surface area contributed by atoms with E-state index in [1.807, 2.05) is 12.3 Å². The van der Waals surface area contributed by atoms with Gasteiger partial charge in [-0.2, -0.15) is 0 Å². The summed E-state index contributed by atoms with van der Waals surface area (Å²) in [4.78, 5) is 6.97. The maximum Gasteiger partial charge on any atom is 0.140 e. The maximum absolute atomic E-state index is 4.42. The van der Waals surface area contributed by atoms with Crippen LogP contribution in [0.3, 0.4) is 0 Å². The number of aromatic nitrogens is 1. The molecule has 100 valence electrons. The van der Waals surface area contributed by atoms with Gasteiger partial charge in [-0.25, -0.2) is 4.98 Å². The molecule has 0 atom stereocenters. The number of anilines is 1. The van der Waals surface area contributed by atoms with Gasteiger partial charge in [-0.15, -0.1) is 0 Å². The van der Waals surface area contributed by atoms with E-state index < -0.39 is 0 Å². The van der Waals surface area contributed by atoms with Gasteiger partial charge in [0.25, 0.3) is 0 Å². The molecule has 1 aromatic heterocycles. The van der Waals surface area contributed by atoms with Gasteiger partial charge in [0.2, 0.25) is 0 Å². The van der Waals surface area contributed by atoms with Gasteiger partial charge >= 0.3 is 0 Å².